The summed E-state index contributed by atoms with van der Waals surface area (Å²) in [6.07, 6.45) is 1.61. The van der Waals surface area contributed by atoms with Crippen molar-refractivity contribution in [3.63, 3.8) is 0 Å². The maximum absolute atomic E-state index is 11.8. The predicted molar refractivity (Wildman–Crippen MR) is 76.9 cm³/mol. The van der Waals surface area contributed by atoms with Crippen molar-refractivity contribution in [1.82, 2.24) is 4.90 Å². The molecule has 0 saturated carbocycles. The molecule has 1 amide bonds. The van der Waals surface area contributed by atoms with Crippen LogP contribution in [0.5, 0.6) is 0 Å². The second-order valence-corrected chi connectivity index (χ2v) is 4.29. The van der Waals surface area contributed by atoms with E-state index in [1.54, 1.807) is 0 Å². The van der Waals surface area contributed by atoms with Crippen LogP contribution in [0, 0.1) is 0 Å². The van der Waals surface area contributed by atoms with E-state index in [1.165, 1.54) is 5.56 Å². The normalized spacial score (nSPS) is 10.2. The number of carbonyl (C=O) groups excluding carboxylic acids is 1. The minimum atomic E-state index is 0.220. The summed E-state index contributed by atoms with van der Waals surface area (Å²) in [6, 6.07) is 8.38. The second kappa shape index (κ2) is 7.75. The zero-order valence-corrected chi connectivity index (χ0v) is 11.7. The van der Waals surface area contributed by atoms with Crippen molar-refractivity contribution in [2.24, 2.45) is 0 Å². The third-order valence-corrected chi connectivity index (χ3v) is 3.15. The fourth-order valence-corrected chi connectivity index (χ4v) is 1.91. The summed E-state index contributed by atoms with van der Waals surface area (Å²) >= 11 is 0. The molecule has 0 radical (unpaired) electrons. The lowest BCUT2D eigenvalue weighted by atomic mass is 10.1. The molecule has 1 rings (SSSR count). The predicted octanol–water partition coefficient (Wildman–Crippen LogP) is 2.92. The number of rotatable bonds is 7. The van der Waals surface area contributed by atoms with Crippen LogP contribution in [0.25, 0.3) is 0 Å². The molecule has 0 heterocycles. The summed E-state index contributed by atoms with van der Waals surface area (Å²) in [5, 5.41) is 3.28. The highest BCUT2D eigenvalue weighted by Crippen LogP contribution is 2.09. The lowest BCUT2D eigenvalue weighted by molar-refractivity contribution is -0.130. The molecule has 100 valence electrons. The Bertz CT molecular complexity index is 355. The molecule has 0 unspecified atom stereocenters. The highest BCUT2D eigenvalue weighted by Gasteiger charge is 2.08. The zero-order valence-electron chi connectivity index (χ0n) is 11.7. The lowest BCUT2D eigenvalue weighted by Gasteiger charge is -2.18. The number of nitrogens with zero attached hydrogens (tertiary/aromatic N) is 1. The SMILES string of the molecule is CCc1ccc(NCCC(=O)N(CC)CC)cc1. The zero-order chi connectivity index (χ0) is 13.4. The van der Waals surface area contributed by atoms with E-state index in [0.29, 0.717) is 13.0 Å². The summed E-state index contributed by atoms with van der Waals surface area (Å²) in [5.74, 6) is 0.220. The molecular weight excluding hydrogens is 224 g/mol. The number of hydrogen-bond acceptors (Lipinski definition) is 2. The van der Waals surface area contributed by atoms with E-state index in [1.807, 2.05) is 18.7 Å². The maximum atomic E-state index is 11.8. The smallest absolute Gasteiger partial charge is 0.224 e. The topological polar surface area (TPSA) is 32.3 Å². The summed E-state index contributed by atoms with van der Waals surface area (Å²) < 4.78 is 0. The minimum Gasteiger partial charge on any atom is -0.385 e. The van der Waals surface area contributed by atoms with Crippen LogP contribution in [0.4, 0.5) is 5.69 Å². The highest BCUT2D eigenvalue weighted by atomic mass is 16.2. The van der Waals surface area contributed by atoms with Gasteiger partial charge in [0.05, 0.1) is 0 Å². The van der Waals surface area contributed by atoms with Gasteiger partial charge >= 0.3 is 0 Å². The van der Waals surface area contributed by atoms with Crippen LogP contribution in [0.15, 0.2) is 24.3 Å². The van der Waals surface area contributed by atoms with E-state index < -0.39 is 0 Å². The van der Waals surface area contributed by atoms with Crippen molar-refractivity contribution >= 4 is 11.6 Å². The monoisotopic (exact) mass is 248 g/mol. The average Bonchev–Trinajstić information content (AvgIpc) is 2.41. The van der Waals surface area contributed by atoms with E-state index in [9.17, 15) is 4.79 Å². The van der Waals surface area contributed by atoms with Gasteiger partial charge in [0.25, 0.3) is 0 Å². The van der Waals surface area contributed by atoms with Crippen molar-refractivity contribution < 1.29 is 4.79 Å². The third-order valence-electron chi connectivity index (χ3n) is 3.15. The molecule has 18 heavy (non-hydrogen) atoms. The molecule has 3 heteroatoms. The Morgan fingerprint density at radius 2 is 1.72 bits per heavy atom. The van der Waals surface area contributed by atoms with Crippen molar-refractivity contribution in [2.75, 3.05) is 25.0 Å². The first-order valence-electron chi connectivity index (χ1n) is 6.81. The molecule has 1 N–H and O–H groups in total. The Labute approximate surface area is 110 Å². The van der Waals surface area contributed by atoms with Gasteiger partial charge in [-0.15, -0.1) is 0 Å². The number of aryl methyl sites for hydroxylation is 1. The van der Waals surface area contributed by atoms with Gasteiger partial charge in [0.15, 0.2) is 0 Å². The third kappa shape index (κ3) is 4.40. The number of benzene rings is 1. The van der Waals surface area contributed by atoms with Crippen LogP contribution in [0.3, 0.4) is 0 Å². The second-order valence-electron chi connectivity index (χ2n) is 4.29. The molecule has 0 aromatic heterocycles. The van der Waals surface area contributed by atoms with Crippen LogP contribution < -0.4 is 5.32 Å². The molecule has 1 aromatic rings. The van der Waals surface area contributed by atoms with Gasteiger partial charge in [-0.2, -0.15) is 0 Å². The van der Waals surface area contributed by atoms with Crippen LogP contribution in [-0.4, -0.2) is 30.4 Å². The first kappa shape index (κ1) is 14.6. The Morgan fingerprint density at radius 3 is 2.22 bits per heavy atom. The molecule has 0 aliphatic rings. The standard InChI is InChI=1S/C15H24N2O/c1-4-13-7-9-14(10-8-13)16-12-11-15(18)17(5-2)6-3/h7-10,16H,4-6,11-12H2,1-3H3. The molecule has 0 saturated heterocycles. The Morgan fingerprint density at radius 1 is 1.11 bits per heavy atom. The molecule has 0 fully saturated rings. The number of nitrogens with one attached hydrogen (secondary N) is 1. The average molecular weight is 248 g/mol. The van der Waals surface area contributed by atoms with Gasteiger partial charge in [-0.3, -0.25) is 4.79 Å². The fraction of sp³-hybridized carbons (Fsp3) is 0.533. The maximum Gasteiger partial charge on any atom is 0.224 e. The summed E-state index contributed by atoms with van der Waals surface area (Å²) in [6.45, 7) is 8.45. The highest BCUT2D eigenvalue weighted by molar-refractivity contribution is 5.76. The molecule has 0 aliphatic carbocycles. The number of anilines is 1. The Kier molecular flexibility index (Phi) is 6.26. The Balaban J connectivity index is 2.34. The van der Waals surface area contributed by atoms with Crippen molar-refractivity contribution in [1.29, 1.82) is 0 Å². The quantitative estimate of drug-likeness (QED) is 0.804. The summed E-state index contributed by atoms with van der Waals surface area (Å²) in [7, 11) is 0. The van der Waals surface area contributed by atoms with Gasteiger partial charge in [-0.05, 0) is 38.0 Å². The van der Waals surface area contributed by atoms with Crippen LogP contribution >= 0.6 is 0 Å². The van der Waals surface area contributed by atoms with Gasteiger partial charge in [-0.1, -0.05) is 19.1 Å². The first-order valence-corrected chi connectivity index (χ1v) is 6.81. The van der Waals surface area contributed by atoms with Gasteiger partial charge in [-0.25, -0.2) is 0 Å². The van der Waals surface area contributed by atoms with Gasteiger partial charge < -0.3 is 10.2 Å². The van der Waals surface area contributed by atoms with Gasteiger partial charge in [0, 0.05) is 31.7 Å². The largest absolute Gasteiger partial charge is 0.385 e. The summed E-state index contributed by atoms with van der Waals surface area (Å²) in [4.78, 5) is 13.6. The van der Waals surface area contributed by atoms with Crippen molar-refractivity contribution in [3.05, 3.63) is 29.8 Å². The molecule has 0 aliphatic heterocycles. The molecular formula is C15H24N2O. The van der Waals surface area contributed by atoms with Crippen LogP contribution in [-0.2, 0) is 11.2 Å². The molecule has 0 bridgehead atoms. The summed E-state index contributed by atoms with van der Waals surface area (Å²) in [5.41, 5.74) is 2.42. The molecule has 0 spiro atoms. The van der Waals surface area contributed by atoms with E-state index in [2.05, 4.69) is 36.5 Å². The van der Waals surface area contributed by atoms with Crippen LogP contribution in [0.2, 0.25) is 0 Å². The lowest BCUT2D eigenvalue weighted by Crippen LogP contribution is -2.31. The van der Waals surface area contributed by atoms with Gasteiger partial charge in [0.1, 0.15) is 0 Å². The van der Waals surface area contributed by atoms with Gasteiger partial charge in [0.2, 0.25) is 5.91 Å². The van der Waals surface area contributed by atoms with E-state index in [0.717, 1.165) is 25.2 Å². The number of hydrogen-bond donors (Lipinski definition) is 1. The van der Waals surface area contributed by atoms with E-state index >= 15 is 0 Å². The van der Waals surface area contributed by atoms with Crippen LogP contribution in [0.1, 0.15) is 32.8 Å². The Hall–Kier alpha value is -1.51. The molecule has 3 nitrogen and oxygen atoms in total. The van der Waals surface area contributed by atoms with Crippen molar-refractivity contribution in [2.45, 2.75) is 33.6 Å². The molecule has 0 atom stereocenters. The number of amides is 1. The number of carbonyl (C=O) groups is 1. The van der Waals surface area contributed by atoms with E-state index in [4.69, 9.17) is 0 Å². The van der Waals surface area contributed by atoms with Crippen molar-refractivity contribution in [3.8, 4) is 0 Å². The molecule has 1 aromatic carbocycles. The van der Waals surface area contributed by atoms with E-state index in [-0.39, 0.29) is 5.91 Å². The minimum absolute atomic E-state index is 0.220. The first-order chi connectivity index (χ1) is 8.71. The fourth-order valence-electron chi connectivity index (χ4n) is 1.91.